The van der Waals surface area contributed by atoms with E-state index in [0.717, 1.165) is 10.9 Å². The number of furan rings is 1. The van der Waals surface area contributed by atoms with Crippen molar-refractivity contribution < 1.29 is 18.5 Å². The largest absolute Gasteiger partial charge is 0.475 e. The molecule has 0 amide bonds. The Balaban J connectivity index is 1.83. The number of aromatic carboxylic acids is 1. The molecule has 21 heavy (non-hydrogen) atoms. The van der Waals surface area contributed by atoms with E-state index in [4.69, 9.17) is 9.52 Å². The number of para-hydroxylation sites is 1. The van der Waals surface area contributed by atoms with Gasteiger partial charge >= 0.3 is 5.97 Å². The molecule has 2 aromatic heterocycles. The quantitative estimate of drug-likeness (QED) is 0.801. The van der Waals surface area contributed by atoms with Gasteiger partial charge < -0.3 is 9.52 Å². The van der Waals surface area contributed by atoms with Crippen LogP contribution in [0.1, 0.15) is 16.2 Å². The van der Waals surface area contributed by atoms with Crippen LogP contribution in [-0.2, 0) is 16.6 Å². The number of pyridine rings is 1. The molecule has 0 bridgehead atoms. The Bertz CT molecular complexity index is 840. The van der Waals surface area contributed by atoms with Gasteiger partial charge in [0.15, 0.2) is 5.09 Å². The molecule has 0 saturated carbocycles. The third kappa shape index (κ3) is 2.85. The zero-order chi connectivity index (χ0) is 14.8. The summed E-state index contributed by atoms with van der Waals surface area (Å²) in [5, 5.41) is 9.94. The molecule has 0 saturated heterocycles. The molecule has 0 aliphatic heterocycles. The SMILES string of the molecule is O=C(O)c1ccc(S(=O)Cc2ccc3ccccc3n2)o1. The highest BCUT2D eigenvalue weighted by atomic mass is 32.2. The van der Waals surface area contributed by atoms with Crippen LogP contribution in [-0.4, -0.2) is 20.3 Å². The Morgan fingerprint density at radius 3 is 2.71 bits per heavy atom. The number of aromatic nitrogens is 1. The number of carboxylic acid groups (broad SMARTS) is 1. The van der Waals surface area contributed by atoms with Gasteiger partial charge in [0.2, 0.25) is 5.76 Å². The average Bonchev–Trinajstić information content (AvgIpc) is 2.97. The van der Waals surface area contributed by atoms with Crippen molar-refractivity contribution in [3.63, 3.8) is 0 Å². The lowest BCUT2D eigenvalue weighted by Gasteiger charge is -2.02. The van der Waals surface area contributed by atoms with E-state index < -0.39 is 16.8 Å². The Hall–Kier alpha value is -2.47. The van der Waals surface area contributed by atoms with Crippen molar-refractivity contribution in [2.75, 3.05) is 0 Å². The molecule has 106 valence electrons. The van der Waals surface area contributed by atoms with Gasteiger partial charge in [-0.1, -0.05) is 24.3 Å². The highest BCUT2D eigenvalue weighted by molar-refractivity contribution is 7.84. The zero-order valence-corrected chi connectivity index (χ0v) is 11.7. The molecule has 1 unspecified atom stereocenters. The number of carboxylic acids is 1. The van der Waals surface area contributed by atoms with Crippen molar-refractivity contribution in [2.24, 2.45) is 0 Å². The first-order chi connectivity index (χ1) is 10.1. The van der Waals surface area contributed by atoms with E-state index in [-0.39, 0.29) is 16.6 Å². The Labute approximate surface area is 122 Å². The minimum absolute atomic E-state index is 0.141. The minimum Gasteiger partial charge on any atom is -0.475 e. The average molecular weight is 301 g/mol. The monoisotopic (exact) mass is 301 g/mol. The Kier molecular flexibility index (Phi) is 3.53. The molecule has 1 atom stereocenters. The molecule has 2 heterocycles. The van der Waals surface area contributed by atoms with Crippen molar-refractivity contribution in [1.82, 2.24) is 4.98 Å². The number of nitrogens with zero attached hydrogens (tertiary/aromatic N) is 1. The molecule has 1 aromatic carbocycles. The lowest BCUT2D eigenvalue weighted by atomic mass is 10.2. The van der Waals surface area contributed by atoms with Gasteiger partial charge in [-0.25, -0.2) is 4.79 Å². The van der Waals surface area contributed by atoms with Gasteiger partial charge in [-0.05, 0) is 24.3 Å². The van der Waals surface area contributed by atoms with Gasteiger partial charge in [0.05, 0.1) is 27.8 Å². The maximum Gasteiger partial charge on any atom is 0.371 e. The molecule has 0 aliphatic carbocycles. The summed E-state index contributed by atoms with van der Waals surface area (Å²) in [4.78, 5) is 15.2. The Morgan fingerprint density at radius 1 is 1.14 bits per heavy atom. The van der Waals surface area contributed by atoms with E-state index in [0.29, 0.717) is 5.69 Å². The molecule has 0 radical (unpaired) electrons. The molecule has 3 rings (SSSR count). The molecule has 3 aromatic rings. The molecule has 5 nitrogen and oxygen atoms in total. The van der Waals surface area contributed by atoms with Gasteiger partial charge in [-0.15, -0.1) is 0 Å². The molecule has 1 N–H and O–H groups in total. The molecule has 0 spiro atoms. The van der Waals surface area contributed by atoms with Crippen molar-refractivity contribution in [2.45, 2.75) is 10.8 Å². The molecule has 0 fully saturated rings. The predicted octanol–water partition coefficient (Wildman–Crippen LogP) is 2.83. The highest BCUT2D eigenvalue weighted by Crippen LogP contribution is 2.17. The third-order valence-corrected chi connectivity index (χ3v) is 4.18. The summed E-state index contributed by atoms with van der Waals surface area (Å²) in [6, 6.07) is 14.1. The first kappa shape index (κ1) is 13.5. The van der Waals surface area contributed by atoms with Crippen LogP contribution in [0.25, 0.3) is 10.9 Å². The van der Waals surface area contributed by atoms with Crippen LogP contribution < -0.4 is 0 Å². The van der Waals surface area contributed by atoms with E-state index in [1.54, 1.807) is 6.07 Å². The van der Waals surface area contributed by atoms with Crippen LogP contribution >= 0.6 is 0 Å². The maximum absolute atomic E-state index is 12.2. The fraction of sp³-hybridized carbons (Fsp3) is 0.0667. The van der Waals surface area contributed by atoms with Gasteiger partial charge in [-0.2, -0.15) is 0 Å². The fourth-order valence-corrected chi connectivity index (χ4v) is 2.93. The second-order valence-corrected chi connectivity index (χ2v) is 5.79. The van der Waals surface area contributed by atoms with Crippen LogP contribution in [0.3, 0.4) is 0 Å². The molecule has 6 heteroatoms. The summed E-state index contributed by atoms with van der Waals surface area (Å²) < 4.78 is 17.2. The summed E-state index contributed by atoms with van der Waals surface area (Å²) >= 11 is 0. The smallest absolute Gasteiger partial charge is 0.371 e. The normalized spacial score (nSPS) is 12.4. The van der Waals surface area contributed by atoms with E-state index >= 15 is 0 Å². The van der Waals surface area contributed by atoms with Gasteiger partial charge in [-0.3, -0.25) is 9.19 Å². The standard InChI is InChI=1S/C15H11NO4S/c17-15(18)13-7-8-14(20-13)21(19)9-11-6-5-10-3-1-2-4-12(10)16-11/h1-8H,9H2,(H,17,18). The van der Waals surface area contributed by atoms with Crippen LogP contribution in [0.5, 0.6) is 0 Å². The fourth-order valence-electron chi connectivity index (χ4n) is 1.95. The highest BCUT2D eigenvalue weighted by Gasteiger charge is 2.14. The topological polar surface area (TPSA) is 80.4 Å². The van der Waals surface area contributed by atoms with E-state index in [9.17, 15) is 9.00 Å². The van der Waals surface area contributed by atoms with E-state index in [1.807, 2.05) is 30.3 Å². The van der Waals surface area contributed by atoms with Crippen LogP contribution in [0.4, 0.5) is 0 Å². The van der Waals surface area contributed by atoms with Crippen LogP contribution in [0, 0.1) is 0 Å². The lowest BCUT2D eigenvalue weighted by molar-refractivity contribution is 0.0656. The summed E-state index contributed by atoms with van der Waals surface area (Å²) in [6.45, 7) is 0. The third-order valence-electron chi connectivity index (χ3n) is 2.95. The first-order valence-electron chi connectivity index (χ1n) is 6.19. The van der Waals surface area contributed by atoms with Crippen molar-refractivity contribution in [3.8, 4) is 0 Å². The van der Waals surface area contributed by atoms with Crippen LogP contribution in [0.15, 0.2) is 58.0 Å². The predicted molar refractivity (Wildman–Crippen MR) is 77.5 cm³/mol. The van der Waals surface area contributed by atoms with Crippen LogP contribution in [0.2, 0.25) is 0 Å². The van der Waals surface area contributed by atoms with Gasteiger partial charge in [0, 0.05) is 5.39 Å². The van der Waals surface area contributed by atoms with E-state index in [2.05, 4.69) is 4.98 Å². The lowest BCUT2D eigenvalue weighted by Crippen LogP contribution is -1.98. The molecular formula is C15H11NO4S. The van der Waals surface area contributed by atoms with Gasteiger partial charge in [0.25, 0.3) is 0 Å². The zero-order valence-electron chi connectivity index (χ0n) is 10.9. The minimum atomic E-state index is -1.47. The summed E-state index contributed by atoms with van der Waals surface area (Å²) in [5.41, 5.74) is 1.50. The molecular weight excluding hydrogens is 290 g/mol. The van der Waals surface area contributed by atoms with E-state index in [1.165, 1.54) is 12.1 Å². The summed E-state index contributed by atoms with van der Waals surface area (Å²) in [7, 11) is -1.47. The van der Waals surface area contributed by atoms with Gasteiger partial charge in [0.1, 0.15) is 0 Å². The maximum atomic E-state index is 12.2. The molecule has 0 aliphatic rings. The second kappa shape index (κ2) is 5.49. The number of carbonyl (C=O) groups is 1. The number of benzene rings is 1. The number of hydrogen-bond acceptors (Lipinski definition) is 4. The summed E-state index contributed by atoms with van der Waals surface area (Å²) in [5.74, 6) is -1.22. The number of hydrogen-bond donors (Lipinski definition) is 1. The first-order valence-corrected chi connectivity index (χ1v) is 7.51. The Morgan fingerprint density at radius 2 is 1.95 bits per heavy atom. The van der Waals surface area contributed by atoms with Crippen molar-refractivity contribution in [3.05, 3.63) is 60.0 Å². The second-order valence-electron chi connectivity index (χ2n) is 4.41. The van der Waals surface area contributed by atoms with Crippen molar-refractivity contribution in [1.29, 1.82) is 0 Å². The van der Waals surface area contributed by atoms with Crippen molar-refractivity contribution >= 4 is 27.7 Å². The summed E-state index contributed by atoms with van der Waals surface area (Å²) in [6.07, 6.45) is 0. The number of fused-ring (bicyclic) bond motifs is 1. The number of rotatable bonds is 4.